The second-order valence-corrected chi connectivity index (χ2v) is 4.18. The fourth-order valence-electron chi connectivity index (χ4n) is 0.544. The number of aliphatic carboxylic acids is 2. The zero-order valence-electron chi connectivity index (χ0n) is 10.8. The monoisotopic (exact) mass is 296 g/mol. The number of carbonyl (C=O) groups excluding carboxylic acids is 2. The average Bonchev–Trinajstić information content (AvgIpc) is 2.15. The molecule has 0 aliphatic carbocycles. The first-order valence-electron chi connectivity index (χ1n) is 5.04. The van der Waals surface area contributed by atoms with Crippen LogP contribution in [-0.2, 0) is 29.1 Å². The molecule has 0 aliphatic heterocycles. The van der Waals surface area contributed by atoms with E-state index in [-0.39, 0.29) is 31.3 Å². The van der Waals surface area contributed by atoms with Gasteiger partial charge in [-0.2, -0.15) is 0 Å². The van der Waals surface area contributed by atoms with E-state index in [9.17, 15) is 19.8 Å². The van der Waals surface area contributed by atoms with Gasteiger partial charge in [-0.05, 0) is 11.8 Å². The number of rotatable bonds is 4. The summed E-state index contributed by atoms with van der Waals surface area (Å²) in [5, 5.41) is 19.8. The topological polar surface area (TPSA) is 132 Å². The molecule has 0 aliphatic rings. The Labute approximate surface area is 115 Å². The third-order valence-corrected chi connectivity index (χ3v) is 1.98. The van der Waals surface area contributed by atoms with Crippen molar-refractivity contribution < 1.29 is 39.3 Å². The molecule has 96 valence electrons. The van der Waals surface area contributed by atoms with Gasteiger partial charge in [0.1, 0.15) is 0 Å². The molecule has 2 atom stereocenters. The van der Waals surface area contributed by atoms with Crippen molar-refractivity contribution in [3.63, 3.8) is 0 Å². The summed E-state index contributed by atoms with van der Waals surface area (Å²) in [6.45, 7) is 6.95. The van der Waals surface area contributed by atoms with Gasteiger partial charge in [0.2, 0.25) is 0 Å². The van der Waals surface area contributed by atoms with Gasteiger partial charge in [0, 0.05) is 12.1 Å². The zero-order chi connectivity index (χ0) is 13.5. The standard InChI is InChI=1S/2C5H11NO2.Zn/c2*1-3(2)4(6)5(7)8;/h2*3-4H,6H2,1-2H3,(H,7,8);/q;;+2/p-2. The van der Waals surface area contributed by atoms with Crippen molar-refractivity contribution in [3.05, 3.63) is 0 Å². The maximum Gasteiger partial charge on any atom is 2.00 e. The van der Waals surface area contributed by atoms with E-state index >= 15 is 0 Å². The minimum atomic E-state index is -1.18. The van der Waals surface area contributed by atoms with E-state index in [1.807, 2.05) is 0 Å². The SMILES string of the molecule is CC(C)C(N)C(=O)[O-].CC(C)C(N)C(=O)[O-].[Zn+2]. The Bertz CT molecular complexity index is 210. The number of carboxylic acid groups (broad SMARTS) is 2. The molecule has 6 nitrogen and oxygen atoms in total. The number of hydrogen-bond donors (Lipinski definition) is 2. The minimum absolute atomic E-state index is 0. The summed E-state index contributed by atoms with van der Waals surface area (Å²) in [7, 11) is 0. The maximum atomic E-state index is 9.90. The first kappa shape index (κ1) is 21.7. The van der Waals surface area contributed by atoms with Crippen molar-refractivity contribution >= 4 is 11.9 Å². The van der Waals surface area contributed by atoms with Crippen molar-refractivity contribution in [2.24, 2.45) is 23.3 Å². The van der Waals surface area contributed by atoms with Crippen LogP contribution in [-0.4, -0.2) is 24.0 Å². The van der Waals surface area contributed by atoms with Gasteiger partial charge < -0.3 is 31.3 Å². The second kappa shape index (κ2) is 10.6. The van der Waals surface area contributed by atoms with Crippen LogP contribution in [0.5, 0.6) is 0 Å². The fourth-order valence-corrected chi connectivity index (χ4v) is 0.544. The van der Waals surface area contributed by atoms with Crippen molar-refractivity contribution in [2.45, 2.75) is 39.8 Å². The fraction of sp³-hybridized carbons (Fsp3) is 0.800. The number of carbonyl (C=O) groups is 2. The average molecular weight is 298 g/mol. The maximum absolute atomic E-state index is 9.90. The first-order valence-corrected chi connectivity index (χ1v) is 5.04. The van der Waals surface area contributed by atoms with E-state index in [0.29, 0.717) is 0 Å². The number of hydrogen-bond acceptors (Lipinski definition) is 6. The molecule has 0 amide bonds. The van der Waals surface area contributed by atoms with E-state index < -0.39 is 24.0 Å². The van der Waals surface area contributed by atoms with Gasteiger partial charge >= 0.3 is 19.5 Å². The molecule has 0 bridgehead atoms. The van der Waals surface area contributed by atoms with Crippen molar-refractivity contribution in [1.82, 2.24) is 0 Å². The Hall–Kier alpha value is -0.517. The molecule has 0 heterocycles. The van der Waals surface area contributed by atoms with Crippen LogP contribution < -0.4 is 21.7 Å². The molecule has 0 aromatic heterocycles. The van der Waals surface area contributed by atoms with Crippen LogP contribution in [0.3, 0.4) is 0 Å². The van der Waals surface area contributed by atoms with Crippen LogP contribution in [0, 0.1) is 11.8 Å². The summed E-state index contributed by atoms with van der Waals surface area (Å²) >= 11 is 0. The third-order valence-electron chi connectivity index (χ3n) is 1.98. The van der Waals surface area contributed by atoms with Gasteiger partial charge in [0.05, 0.1) is 11.9 Å². The molecule has 0 rings (SSSR count). The molecular formula is C10H20N2O4Zn. The largest absolute Gasteiger partial charge is 2.00 e. The molecule has 17 heavy (non-hydrogen) atoms. The van der Waals surface area contributed by atoms with Crippen LogP contribution in [0.1, 0.15) is 27.7 Å². The molecule has 0 saturated carbocycles. The van der Waals surface area contributed by atoms with Gasteiger partial charge in [0.15, 0.2) is 0 Å². The molecule has 4 N–H and O–H groups in total. The first-order chi connectivity index (χ1) is 7.11. The zero-order valence-corrected chi connectivity index (χ0v) is 13.8. The summed E-state index contributed by atoms with van der Waals surface area (Å²) in [5.74, 6) is -2.44. The van der Waals surface area contributed by atoms with Crippen molar-refractivity contribution in [1.29, 1.82) is 0 Å². The van der Waals surface area contributed by atoms with Gasteiger partial charge in [-0.1, -0.05) is 27.7 Å². The summed E-state index contributed by atoms with van der Waals surface area (Å²) in [4.78, 5) is 19.8. The minimum Gasteiger partial charge on any atom is -0.548 e. The Morgan fingerprint density at radius 2 is 1.00 bits per heavy atom. The van der Waals surface area contributed by atoms with Crippen LogP contribution >= 0.6 is 0 Å². The third kappa shape index (κ3) is 11.7. The van der Waals surface area contributed by atoms with E-state index in [4.69, 9.17) is 11.5 Å². The summed E-state index contributed by atoms with van der Waals surface area (Å²) in [6, 6.07) is -1.65. The van der Waals surface area contributed by atoms with E-state index in [0.717, 1.165) is 0 Å². The normalized spacial score (nSPS) is 13.2. The van der Waals surface area contributed by atoms with Gasteiger partial charge in [-0.3, -0.25) is 0 Å². The Balaban J connectivity index is -0.000000218. The molecular weight excluding hydrogens is 278 g/mol. The Morgan fingerprint density at radius 3 is 1.00 bits per heavy atom. The van der Waals surface area contributed by atoms with E-state index in [1.165, 1.54) is 0 Å². The smallest absolute Gasteiger partial charge is 0.548 e. The van der Waals surface area contributed by atoms with Crippen LogP contribution in [0.15, 0.2) is 0 Å². The van der Waals surface area contributed by atoms with Gasteiger partial charge in [-0.15, -0.1) is 0 Å². The molecule has 0 spiro atoms. The molecule has 0 radical (unpaired) electrons. The molecule has 7 heteroatoms. The number of carboxylic acids is 2. The molecule has 0 fully saturated rings. The van der Waals surface area contributed by atoms with Crippen LogP contribution in [0.2, 0.25) is 0 Å². The summed E-state index contributed by atoms with van der Waals surface area (Å²) < 4.78 is 0. The van der Waals surface area contributed by atoms with Crippen molar-refractivity contribution in [3.8, 4) is 0 Å². The van der Waals surface area contributed by atoms with Gasteiger partial charge in [0.25, 0.3) is 0 Å². The molecule has 2 unspecified atom stereocenters. The van der Waals surface area contributed by atoms with E-state index in [1.54, 1.807) is 27.7 Å². The quantitative estimate of drug-likeness (QED) is 0.548. The molecule has 0 aromatic rings. The van der Waals surface area contributed by atoms with E-state index in [2.05, 4.69) is 0 Å². The Kier molecular flexibility index (Phi) is 13.6. The predicted molar refractivity (Wildman–Crippen MR) is 55.6 cm³/mol. The predicted octanol–water partition coefficient (Wildman–Crippen LogP) is -2.56. The van der Waals surface area contributed by atoms with Gasteiger partial charge in [-0.25, -0.2) is 0 Å². The molecule has 0 saturated heterocycles. The van der Waals surface area contributed by atoms with Crippen molar-refractivity contribution in [2.75, 3.05) is 0 Å². The Morgan fingerprint density at radius 1 is 0.824 bits per heavy atom. The summed E-state index contributed by atoms with van der Waals surface area (Å²) in [5.41, 5.74) is 10.2. The van der Waals surface area contributed by atoms with Crippen LogP contribution in [0.4, 0.5) is 0 Å². The summed E-state index contributed by atoms with van der Waals surface area (Å²) in [6.07, 6.45) is 0. The second-order valence-electron chi connectivity index (χ2n) is 4.18. The molecule has 0 aromatic carbocycles. The number of nitrogens with two attached hydrogens (primary N) is 2. The van der Waals surface area contributed by atoms with Crippen LogP contribution in [0.25, 0.3) is 0 Å².